The summed E-state index contributed by atoms with van der Waals surface area (Å²) in [6.07, 6.45) is 3.88. The minimum Gasteiger partial charge on any atom is -0.456 e. The maximum absolute atomic E-state index is 5.02. The third-order valence-corrected chi connectivity index (χ3v) is 0.638. The topological polar surface area (TPSA) is 18.5 Å². The van der Waals surface area contributed by atoms with Gasteiger partial charge in [0.2, 0.25) is 0 Å². The Balaban J connectivity index is 2.35. The van der Waals surface area contributed by atoms with Gasteiger partial charge in [-0.05, 0) is 6.08 Å². The molecule has 0 aromatic carbocycles. The molecule has 0 saturated carbocycles. The van der Waals surface area contributed by atoms with Crippen LogP contribution in [0.15, 0.2) is 18.6 Å². The highest BCUT2D eigenvalue weighted by Crippen LogP contribution is 2.03. The van der Waals surface area contributed by atoms with Gasteiger partial charge in [-0.3, -0.25) is 0 Å². The molecule has 0 aromatic rings. The molecular weight excluding hydrogens is 92.1 g/mol. The summed E-state index contributed by atoms with van der Waals surface area (Å²) in [5, 5.41) is 0. The predicted octanol–water partition coefficient (Wildman–Crippen LogP) is 0.820. The van der Waals surface area contributed by atoms with Crippen molar-refractivity contribution in [1.29, 1.82) is 0 Å². The zero-order chi connectivity index (χ0) is 5.11. The van der Waals surface area contributed by atoms with Crippen LogP contribution in [0.4, 0.5) is 0 Å². The molecule has 0 aromatic heterocycles. The molecule has 1 radical (unpaired) electrons. The number of ether oxygens (including phenoxy) is 2. The molecule has 0 saturated heterocycles. The van der Waals surface area contributed by atoms with Crippen molar-refractivity contribution in [2.45, 2.75) is 6.29 Å². The van der Waals surface area contributed by atoms with Gasteiger partial charge in [0.1, 0.15) is 12.5 Å². The van der Waals surface area contributed by atoms with Gasteiger partial charge in [-0.25, -0.2) is 0 Å². The van der Waals surface area contributed by atoms with E-state index in [9.17, 15) is 0 Å². The quantitative estimate of drug-likeness (QED) is 0.482. The van der Waals surface area contributed by atoms with Crippen LogP contribution in [0.1, 0.15) is 0 Å². The lowest BCUT2D eigenvalue weighted by molar-refractivity contribution is 0.0191. The van der Waals surface area contributed by atoms with Crippen molar-refractivity contribution in [2.75, 3.05) is 0 Å². The van der Waals surface area contributed by atoms with E-state index in [1.807, 2.05) is 0 Å². The standard InChI is InChI=1S/C5H5O2/c1-2-5-6-3-4-7-5/h1-5H. The molecule has 1 aliphatic rings. The molecule has 0 atom stereocenters. The van der Waals surface area contributed by atoms with Gasteiger partial charge in [0, 0.05) is 0 Å². The molecule has 2 heteroatoms. The first-order chi connectivity index (χ1) is 3.43. The largest absolute Gasteiger partial charge is 0.456 e. The lowest BCUT2D eigenvalue weighted by Crippen LogP contribution is -2.00. The van der Waals surface area contributed by atoms with Crippen molar-refractivity contribution >= 4 is 0 Å². The second-order valence-electron chi connectivity index (χ2n) is 1.11. The average Bonchev–Trinajstić information content (AvgIpc) is 2.14. The lowest BCUT2D eigenvalue weighted by atomic mass is 10.6. The van der Waals surface area contributed by atoms with Crippen LogP contribution in [-0.2, 0) is 9.47 Å². The van der Waals surface area contributed by atoms with Gasteiger partial charge >= 0.3 is 0 Å². The summed E-state index contributed by atoms with van der Waals surface area (Å²) in [7, 11) is 0. The molecule has 0 fully saturated rings. The molecule has 0 amide bonds. The van der Waals surface area contributed by atoms with Crippen LogP contribution in [0.5, 0.6) is 0 Å². The van der Waals surface area contributed by atoms with Gasteiger partial charge in [-0.1, -0.05) is 6.58 Å². The summed E-state index contributed by atoms with van der Waals surface area (Å²) in [5.41, 5.74) is 0. The highest BCUT2D eigenvalue weighted by Gasteiger charge is 2.03. The van der Waals surface area contributed by atoms with Crippen molar-refractivity contribution < 1.29 is 9.47 Å². The first-order valence-electron chi connectivity index (χ1n) is 1.94. The van der Waals surface area contributed by atoms with Gasteiger partial charge in [-0.2, -0.15) is 0 Å². The maximum Gasteiger partial charge on any atom is 0.259 e. The van der Waals surface area contributed by atoms with Gasteiger partial charge in [-0.15, -0.1) is 0 Å². The molecule has 0 N–H and O–H groups in total. The zero-order valence-electron chi connectivity index (χ0n) is 3.70. The van der Waals surface area contributed by atoms with Crippen molar-refractivity contribution in [2.24, 2.45) is 0 Å². The molecule has 1 aliphatic heterocycles. The van der Waals surface area contributed by atoms with Gasteiger partial charge in [0.25, 0.3) is 6.29 Å². The number of hydrogen-bond acceptors (Lipinski definition) is 2. The molecule has 0 aliphatic carbocycles. The van der Waals surface area contributed by atoms with Crippen molar-refractivity contribution in [1.82, 2.24) is 0 Å². The fourth-order valence-corrected chi connectivity index (χ4v) is 0.342. The average molecular weight is 97.1 g/mol. The van der Waals surface area contributed by atoms with Crippen LogP contribution in [-0.4, -0.2) is 6.29 Å². The molecule has 0 bridgehead atoms. The summed E-state index contributed by atoms with van der Waals surface area (Å²) in [4.78, 5) is 0. The first kappa shape index (κ1) is 4.24. The maximum atomic E-state index is 5.02. The van der Waals surface area contributed by atoms with E-state index in [0.29, 0.717) is 0 Å². The summed E-state index contributed by atoms with van der Waals surface area (Å²) >= 11 is 0. The van der Waals surface area contributed by atoms with E-state index in [1.165, 1.54) is 18.6 Å². The molecule has 7 heavy (non-hydrogen) atoms. The molecule has 2 nitrogen and oxygen atoms in total. The fraction of sp³-hybridized carbons (Fsp3) is 0.200. The van der Waals surface area contributed by atoms with Crippen LogP contribution in [0.3, 0.4) is 0 Å². The second kappa shape index (κ2) is 1.69. The summed E-state index contributed by atoms with van der Waals surface area (Å²) in [6, 6.07) is 0. The van der Waals surface area contributed by atoms with E-state index in [-0.39, 0.29) is 6.29 Å². The Hall–Kier alpha value is -0.920. The molecule has 0 unspecified atom stereocenters. The second-order valence-corrected chi connectivity index (χ2v) is 1.11. The Morgan fingerprint density at radius 3 is 2.29 bits per heavy atom. The molecule has 37 valence electrons. The zero-order valence-corrected chi connectivity index (χ0v) is 3.70. The minimum absolute atomic E-state index is 0.361. The Morgan fingerprint density at radius 2 is 2.00 bits per heavy atom. The molecule has 0 spiro atoms. The van der Waals surface area contributed by atoms with Gasteiger partial charge < -0.3 is 9.47 Å². The highest BCUT2D eigenvalue weighted by molar-refractivity contribution is 4.80. The van der Waals surface area contributed by atoms with Crippen molar-refractivity contribution in [3.63, 3.8) is 0 Å². The number of hydrogen-bond donors (Lipinski definition) is 0. The van der Waals surface area contributed by atoms with E-state index in [1.54, 1.807) is 0 Å². The summed E-state index contributed by atoms with van der Waals surface area (Å²) in [5.74, 6) is 0. The smallest absolute Gasteiger partial charge is 0.259 e. The Morgan fingerprint density at radius 1 is 1.43 bits per heavy atom. The minimum atomic E-state index is -0.361. The predicted molar refractivity (Wildman–Crippen MR) is 24.0 cm³/mol. The van der Waals surface area contributed by atoms with Crippen LogP contribution in [0.2, 0.25) is 0 Å². The molecular formula is C5H5O2. The van der Waals surface area contributed by atoms with E-state index in [2.05, 4.69) is 0 Å². The van der Waals surface area contributed by atoms with Crippen LogP contribution in [0.25, 0.3) is 0 Å². The monoisotopic (exact) mass is 97.0 g/mol. The first-order valence-corrected chi connectivity index (χ1v) is 1.94. The van der Waals surface area contributed by atoms with Crippen molar-refractivity contribution in [3.05, 3.63) is 25.2 Å². The van der Waals surface area contributed by atoms with E-state index >= 15 is 0 Å². The van der Waals surface area contributed by atoms with E-state index in [0.717, 1.165) is 0 Å². The number of rotatable bonds is 1. The summed E-state index contributed by atoms with van der Waals surface area (Å²) in [6.45, 7) is 5.02. The Bertz CT molecular complexity index is 88.3. The summed E-state index contributed by atoms with van der Waals surface area (Å²) < 4.78 is 9.44. The van der Waals surface area contributed by atoms with Crippen LogP contribution in [0, 0.1) is 6.58 Å². The highest BCUT2D eigenvalue weighted by atomic mass is 16.7. The van der Waals surface area contributed by atoms with Gasteiger partial charge in [0.05, 0.1) is 0 Å². The Labute approximate surface area is 42.0 Å². The Kier molecular flexibility index (Phi) is 1.02. The van der Waals surface area contributed by atoms with Gasteiger partial charge in [0.15, 0.2) is 0 Å². The van der Waals surface area contributed by atoms with Crippen LogP contribution < -0.4 is 0 Å². The third kappa shape index (κ3) is 0.738. The van der Waals surface area contributed by atoms with Crippen molar-refractivity contribution in [3.8, 4) is 0 Å². The van der Waals surface area contributed by atoms with E-state index in [4.69, 9.17) is 16.1 Å². The van der Waals surface area contributed by atoms with E-state index < -0.39 is 0 Å². The fourth-order valence-electron chi connectivity index (χ4n) is 0.342. The normalized spacial score (nSPS) is 18.3. The molecule has 1 heterocycles. The van der Waals surface area contributed by atoms with Crippen LogP contribution >= 0.6 is 0 Å². The lowest BCUT2D eigenvalue weighted by Gasteiger charge is -2.00. The third-order valence-electron chi connectivity index (χ3n) is 0.638. The molecule has 1 rings (SSSR count). The SMILES string of the molecule is [CH]=CC1OC=CO1.